The molecular weight excluding hydrogens is 241 g/mol. The van der Waals surface area contributed by atoms with Crippen LogP contribution in [0.5, 0.6) is 0 Å². The number of hydrogen-bond acceptors (Lipinski definition) is 1. The fraction of sp³-hybridized carbons (Fsp3) is 0.571. The van der Waals surface area contributed by atoms with Gasteiger partial charge in [0.05, 0.1) is 5.60 Å². The molecule has 18 heavy (non-hydrogen) atoms. The lowest BCUT2D eigenvalue weighted by molar-refractivity contribution is -0.0251. The van der Waals surface area contributed by atoms with Crippen LogP contribution in [0, 0.1) is 23.4 Å². The zero-order chi connectivity index (χ0) is 13.3. The first kappa shape index (κ1) is 13.4. The molecule has 0 aromatic heterocycles. The highest BCUT2D eigenvalue weighted by Crippen LogP contribution is 2.42. The third-order valence-electron chi connectivity index (χ3n) is 3.94. The maximum Gasteiger partial charge on any atom is 0.194 e. The van der Waals surface area contributed by atoms with Crippen molar-refractivity contribution in [1.29, 1.82) is 0 Å². The van der Waals surface area contributed by atoms with Crippen molar-refractivity contribution < 1.29 is 18.3 Å². The Balaban J connectivity index is 2.38. The van der Waals surface area contributed by atoms with Crippen LogP contribution < -0.4 is 0 Å². The molecule has 1 aliphatic carbocycles. The van der Waals surface area contributed by atoms with Crippen molar-refractivity contribution in [2.24, 2.45) is 5.92 Å². The molecule has 0 heterocycles. The van der Waals surface area contributed by atoms with Crippen LogP contribution in [0.4, 0.5) is 13.2 Å². The number of hydrogen-bond donors (Lipinski definition) is 1. The summed E-state index contributed by atoms with van der Waals surface area (Å²) in [5.41, 5.74) is -1.48. The highest BCUT2D eigenvalue weighted by molar-refractivity contribution is 5.27. The van der Waals surface area contributed by atoms with Crippen molar-refractivity contribution in [2.45, 2.75) is 44.6 Å². The summed E-state index contributed by atoms with van der Waals surface area (Å²) in [4.78, 5) is 0. The van der Waals surface area contributed by atoms with E-state index in [0.29, 0.717) is 18.8 Å². The number of rotatable bonds is 2. The Labute approximate surface area is 105 Å². The Morgan fingerprint density at radius 2 is 2.00 bits per heavy atom. The topological polar surface area (TPSA) is 20.2 Å². The molecular formula is C14H17F3O. The van der Waals surface area contributed by atoms with Crippen molar-refractivity contribution in [3.05, 3.63) is 35.1 Å². The molecule has 2 unspecified atom stereocenters. The van der Waals surface area contributed by atoms with E-state index >= 15 is 0 Å². The summed E-state index contributed by atoms with van der Waals surface area (Å²) in [5, 5.41) is 10.5. The second kappa shape index (κ2) is 4.92. The van der Waals surface area contributed by atoms with Gasteiger partial charge in [-0.2, -0.15) is 0 Å². The van der Waals surface area contributed by atoms with Crippen LogP contribution >= 0.6 is 0 Å². The van der Waals surface area contributed by atoms with Crippen LogP contribution in [-0.4, -0.2) is 5.11 Å². The second-order valence-corrected chi connectivity index (χ2v) is 5.13. The van der Waals surface area contributed by atoms with Crippen molar-refractivity contribution >= 4 is 0 Å². The summed E-state index contributed by atoms with van der Waals surface area (Å²) in [6.07, 6.45) is 3.46. The maximum absolute atomic E-state index is 13.7. The van der Waals surface area contributed by atoms with E-state index in [0.717, 1.165) is 31.4 Å². The lowest BCUT2D eigenvalue weighted by Crippen LogP contribution is -2.33. The fourth-order valence-electron chi connectivity index (χ4n) is 2.84. The molecule has 1 aliphatic rings. The Kier molecular flexibility index (Phi) is 3.66. The van der Waals surface area contributed by atoms with Crippen LogP contribution in [-0.2, 0) is 5.60 Å². The van der Waals surface area contributed by atoms with Crippen LogP contribution in [0.25, 0.3) is 0 Å². The van der Waals surface area contributed by atoms with E-state index in [1.54, 1.807) is 0 Å². The van der Waals surface area contributed by atoms with Gasteiger partial charge >= 0.3 is 0 Å². The van der Waals surface area contributed by atoms with Crippen molar-refractivity contribution in [2.75, 3.05) is 0 Å². The summed E-state index contributed by atoms with van der Waals surface area (Å²) in [6, 6.07) is 2.03. The van der Waals surface area contributed by atoms with Crippen LogP contribution in [0.2, 0.25) is 0 Å². The van der Waals surface area contributed by atoms with Gasteiger partial charge in [-0.25, -0.2) is 13.2 Å². The number of benzene rings is 1. The van der Waals surface area contributed by atoms with E-state index in [-0.39, 0.29) is 5.56 Å². The Morgan fingerprint density at radius 1 is 1.28 bits per heavy atom. The molecule has 0 spiro atoms. The first-order valence-corrected chi connectivity index (χ1v) is 6.34. The summed E-state index contributed by atoms with van der Waals surface area (Å²) < 4.78 is 39.9. The molecule has 2 atom stereocenters. The van der Waals surface area contributed by atoms with Crippen LogP contribution in [0.15, 0.2) is 12.1 Å². The summed E-state index contributed by atoms with van der Waals surface area (Å²) in [7, 11) is 0. The molecule has 0 radical (unpaired) electrons. The van der Waals surface area contributed by atoms with Gasteiger partial charge in [0.25, 0.3) is 0 Å². The molecule has 0 amide bonds. The molecule has 0 bridgehead atoms. The summed E-state index contributed by atoms with van der Waals surface area (Å²) in [6.45, 7) is 2.01. The summed E-state index contributed by atoms with van der Waals surface area (Å²) in [5.74, 6) is -3.67. The van der Waals surface area contributed by atoms with Gasteiger partial charge < -0.3 is 5.11 Å². The summed E-state index contributed by atoms with van der Waals surface area (Å²) >= 11 is 0. The van der Waals surface area contributed by atoms with E-state index < -0.39 is 23.1 Å². The van der Waals surface area contributed by atoms with Gasteiger partial charge in [-0.15, -0.1) is 0 Å². The standard InChI is InChI=1S/C14H17F3O/c1-2-9-4-3-7-14(18,8-9)10-5-6-11(15)13(17)12(10)16/h5-6,9,18H,2-4,7-8H2,1H3. The lowest BCUT2D eigenvalue weighted by Gasteiger charge is -2.37. The average molecular weight is 258 g/mol. The Bertz CT molecular complexity index is 447. The average Bonchev–Trinajstić information content (AvgIpc) is 2.35. The van der Waals surface area contributed by atoms with E-state index in [1.807, 2.05) is 6.92 Å². The van der Waals surface area contributed by atoms with Gasteiger partial charge in [-0.1, -0.05) is 25.8 Å². The molecule has 100 valence electrons. The predicted octanol–water partition coefficient (Wildman–Crippen LogP) is 3.89. The molecule has 4 heteroatoms. The second-order valence-electron chi connectivity index (χ2n) is 5.13. The smallest absolute Gasteiger partial charge is 0.194 e. The molecule has 1 nitrogen and oxygen atoms in total. The first-order valence-electron chi connectivity index (χ1n) is 6.34. The molecule has 0 aliphatic heterocycles. The Morgan fingerprint density at radius 3 is 2.67 bits per heavy atom. The van der Waals surface area contributed by atoms with Gasteiger partial charge in [0.15, 0.2) is 17.5 Å². The van der Waals surface area contributed by atoms with Crippen molar-refractivity contribution in [3.63, 3.8) is 0 Å². The zero-order valence-corrected chi connectivity index (χ0v) is 10.3. The van der Waals surface area contributed by atoms with Gasteiger partial charge in [-0.05, 0) is 31.2 Å². The molecule has 1 fully saturated rings. The quantitative estimate of drug-likeness (QED) is 0.798. The largest absolute Gasteiger partial charge is 0.385 e. The van der Waals surface area contributed by atoms with Gasteiger partial charge in [-0.3, -0.25) is 0 Å². The van der Waals surface area contributed by atoms with Crippen molar-refractivity contribution in [1.82, 2.24) is 0 Å². The molecule has 1 saturated carbocycles. The minimum Gasteiger partial charge on any atom is -0.385 e. The van der Waals surface area contributed by atoms with Crippen molar-refractivity contribution in [3.8, 4) is 0 Å². The highest BCUT2D eigenvalue weighted by atomic mass is 19.2. The lowest BCUT2D eigenvalue weighted by atomic mass is 9.73. The van der Waals surface area contributed by atoms with E-state index in [9.17, 15) is 18.3 Å². The van der Waals surface area contributed by atoms with Gasteiger partial charge in [0, 0.05) is 5.56 Å². The SMILES string of the molecule is CCC1CCCC(O)(c2ccc(F)c(F)c2F)C1. The van der Waals surface area contributed by atoms with Gasteiger partial charge in [0.2, 0.25) is 0 Å². The first-order chi connectivity index (χ1) is 8.48. The van der Waals surface area contributed by atoms with Crippen LogP contribution in [0.1, 0.15) is 44.6 Å². The number of aliphatic hydroxyl groups is 1. The number of halogens is 3. The van der Waals surface area contributed by atoms with Crippen LogP contribution in [0.3, 0.4) is 0 Å². The fourth-order valence-corrected chi connectivity index (χ4v) is 2.84. The molecule has 1 aromatic carbocycles. The highest BCUT2D eigenvalue weighted by Gasteiger charge is 2.38. The molecule has 2 rings (SSSR count). The minimum atomic E-state index is -1.50. The van der Waals surface area contributed by atoms with E-state index in [4.69, 9.17) is 0 Å². The predicted molar refractivity (Wildman–Crippen MR) is 62.5 cm³/mol. The molecule has 1 aromatic rings. The zero-order valence-electron chi connectivity index (χ0n) is 10.3. The molecule has 0 saturated heterocycles. The van der Waals surface area contributed by atoms with E-state index in [1.165, 1.54) is 0 Å². The minimum absolute atomic E-state index is 0.112. The van der Waals surface area contributed by atoms with E-state index in [2.05, 4.69) is 0 Å². The van der Waals surface area contributed by atoms with Gasteiger partial charge in [0.1, 0.15) is 0 Å². The normalized spacial score (nSPS) is 28.4. The monoisotopic (exact) mass is 258 g/mol. The third kappa shape index (κ3) is 2.26. The molecule has 1 N–H and O–H groups in total. The maximum atomic E-state index is 13.7. The third-order valence-corrected chi connectivity index (χ3v) is 3.94. The Hall–Kier alpha value is -1.03.